The third-order valence-corrected chi connectivity index (χ3v) is 4.83. The first kappa shape index (κ1) is 14.6. The Kier molecular flexibility index (Phi) is 4.29. The highest BCUT2D eigenvalue weighted by Crippen LogP contribution is 2.33. The lowest BCUT2D eigenvalue weighted by Crippen LogP contribution is -2.23. The third-order valence-electron chi connectivity index (χ3n) is 3.54. The maximum absolute atomic E-state index is 6.11. The lowest BCUT2D eigenvalue weighted by Gasteiger charge is -2.15. The highest BCUT2D eigenvalue weighted by atomic mass is 35.5. The molecule has 1 unspecified atom stereocenters. The molecule has 0 bridgehead atoms. The first-order valence-electron chi connectivity index (χ1n) is 7.11. The summed E-state index contributed by atoms with van der Waals surface area (Å²) in [7, 11) is 1.99. The molecular formula is C16H18ClN3S. The average molecular weight is 320 g/mol. The van der Waals surface area contributed by atoms with E-state index in [0.717, 1.165) is 28.5 Å². The average Bonchev–Trinajstić information content (AvgIpc) is 3.05. The van der Waals surface area contributed by atoms with Gasteiger partial charge in [0.15, 0.2) is 0 Å². The van der Waals surface area contributed by atoms with Crippen molar-refractivity contribution in [3.05, 3.63) is 51.3 Å². The number of nitrogens with zero attached hydrogens (tertiary/aromatic N) is 2. The standard InChI is InChI=1S/C16H18ClN3S/c1-3-10-18-16(13-8-9-14(17)21-13)15-11-6-4-5-7-12(11)20(2)19-15/h4-9,16,18H,3,10H2,1-2H3. The number of thiophene rings is 1. The fraction of sp³-hybridized carbons (Fsp3) is 0.312. The van der Waals surface area contributed by atoms with E-state index >= 15 is 0 Å². The minimum Gasteiger partial charge on any atom is -0.304 e. The van der Waals surface area contributed by atoms with E-state index in [1.54, 1.807) is 11.3 Å². The second kappa shape index (κ2) is 6.18. The molecule has 0 amide bonds. The van der Waals surface area contributed by atoms with Gasteiger partial charge in [0.1, 0.15) is 0 Å². The lowest BCUT2D eigenvalue weighted by molar-refractivity contribution is 0.585. The van der Waals surface area contributed by atoms with Gasteiger partial charge in [-0.25, -0.2) is 0 Å². The normalized spacial score (nSPS) is 12.9. The van der Waals surface area contributed by atoms with Crippen LogP contribution in [0.3, 0.4) is 0 Å². The first-order valence-corrected chi connectivity index (χ1v) is 8.30. The van der Waals surface area contributed by atoms with Crippen molar-refractivity contribution in [2.45, 2.75) is 19.4 Å². The van der Waals surface area contributed by atoms with Gasteiger partial charge < -0.3 is 5.32 Å². The van der Waals surface area contributed by atoms with Crippen LogP contribution in [0.25, 0.3) is 10.9 Å². The molecule has 3 nitrogen and oxygen atoms in total. The monoisotopic (exact) mass is 319 g/mol. The van der Waals surface area contributed by atoms with E-state index in [1.807, 2.05) is 23.9 Å². The molecule has 110 valence electrons. The smallest absolute Gasteiger partial charge is 0.0931 e. The molecule has 1 atom stereocenters. The van der Waals surface area contributed by atoms with Gasteiger partial charge in [-0.1, -0.05) is 36.7 Å². The van der Waals surface area contributed by atoms with Gasteiger partial charge in [-0.2, -0.15) is 5.10 Å². The summed E-state index contributed by atoms with van der Waals surface area (Å²) in [4.78, 5) is 1.21. The summed E-state index contributed by atoms with van der Waals surface area (Å²) in [5, 5.41) is 9.54. The SMILES string of the molecule is CCCNC(c1ccc(Cl)s1)c1nn(C)c2ccccc12. The molecule has 5 heteroatoms. The Morgan fingerprint density at radius 1 is 1.29 bits per heavy atom. The van der Waals surface area contributed by atoms with E-state index in [1.165, 1.54) is 10.3 Å². The summed E-state index contributed by atoms with van der Waals surface area (Å²) >= 11 is 7.73. The Hall–Kier alpha value is -1.36. The molecule has 0 saturated carbocycles. The van der Waals surface area contributed by atoms with Gasteiger partial charge >= 0.3 is 0 Å². The predicted octanol–water partition coefficient (Wildman–Crippen LogP) is 4.38. The summed E-state index contributed by atoms with van der Waals surface area (Å²) in [6.07, 6.45) is 1.08. The maximum Gasteiger partial charge on any atom is 0.0931 e. The molecule has 3 rings (SSSR count). The van der Waals surface area contributed by atoms with Gasteiger partial charge in [-0.15, -0.1) is 11.3 Å². The summed E-state index contributed by atoms with van der Waals surface area (Å²) in [5.74, 6) is 0. The van der Waals surface area contributed by atoms with Crippen molar-refractivity contribution in [3.63, 3.8) is 0 Å². The minimum atomic E-state index is 0.0912. The van der Waals surface area contributed by atoms with Gasteiger partial charge in [0.05, 0.1) is 21.6 Å². The van der Waals surface area contributed by atoms with E-state index in [4.69, 9.17) is 16.7 Å². The lowest BCUT2D eigenvalue weighted by atomic mass is 10.1. The Morgan fingerprint density at radius 3 is 2.81 bits per heavy atom. The number of hydrogen-bond acceptors (Lipinski definition) is 3. The first-order chi connectivity index (χ1) is 10.2. The molecule has 2 heterocycles. The Morgan fingerprint density at radius 2 is 2.10 bits per heavy atom. The third kappa shape index (κ3) is 2.84. The second-order valence-corrected chi connectivity index (χ2v) is 6.80. The number of rotatable bonds is 5. The molecule has 21 heavy (non-hydrogen) atoms. The van der Waals surface area contributed by atoms with Crippen LogP contribution in [0.15, 0.2) is 36.4 Å². The summed E-state index contributed by atoms with van der Waals surface area (Å²) < 4.78 is 2.76. The molecular weight excluding hydrogens is 302 g/mol. The number of aryl methyl sites for hydroxylation is 1. The molecule has 1 N–H and O–H groups in total. The highest BCUT2D eigenvalue weighted by Gasteiger charge is 2.21. The van der Waals surface area contributed by atoms with Crippen LogP contribution < -0.4 is 5.32 Å². The van der Waals surface area contributed by atoms with E-state index in [-0.39, 0.29) is 6.04 Å². The molecule has 1 aromatic carbocycles. The van der Waals surface area contributed by atoms with E-state index in [2.05, 4.69) is 36.5 Å². The van der Waals surface area contributed by atoms with Crippen molar-refractivity contribution in [1.82, 2.24) is 15.1 Å². The molecule has 3 aromatic rings. The van der Waals surface area contributed by atoms with Crippen molar-refractivity contribution in [1.29, 1.82) is 0 Å². The largest absolute Gasteiger partial charge is 0.304 e. The van der Waals surface area contributed by atoms with Crippen LogP contribution in [0.4, 0.5) is 0 Å². The van der Waals surface area contributed by atoms with Crippen molar-refractivity contribution >= 4 is 33.8 Å². The predicted molar refractivity (Wildman–Crippen MR) is 90.2 cm³/mol. The molecule has 0 aliphatic rings. The van der Waals surface area contributed by atoms with Gasteiger partial charge in [-0.3, -0.25) is 4.68 Å². The summed E-state index contributed by atoms with van der Waals surface area (Å²) in [6, 6.07) is 12.5. The topological polar surface area (TPSA) is 29.9 Å². The Balaban J connectivity index is 2.10. The quantitative estimate of drug-likeness (QED) is 0.756. The fourth-order valence-electron chi connectivity index (χ4n) is 2.56. The zero-order valence-corrected chi connectivity index (χ0v) is 13.7. The van der Waals surface area contributed by atoms with Gasteiger partial charge in [0.25, 0.3) is 0 Å². The number of benzene rings is 1. The Labute approximate surface area is 133 Å². The number of halogens is 1. The number of fused-ring (bicyclic) bond motifs is 1. The maximum atomic E-state index is 6.11. The van der Waals surface area contributed by atoms with E-state index in [9.17, 15) is 0 Å². The van der Waals surface area contributed by atoms with Crippen molar-refractivity contribution in [3.8, 4) is 0 Å². The van der Waals surface area contributed by atoms with Gasteiger partial charge in [-0.05, 0) is 31.2 Å². The number of para-hydroxylation sites is 1. The van der Waals surface area contributed by atoms with Crippen LogP contribution >= 0.6 is 22.9 Å². The van der Waals surface area contributed by atoms with Crippen LogP contribution in [-0.2, 0) is 7.05 Å². The zero-order chi connectivity index (χ0) is 14.8. The van der Waals surface area contributed by atoms with Crippen molar-refractivity contribution < 1.29 is 0 Å². The molecule has 0 aliphatic carbocycles. The number of hydrogen-bond donors (Lipinski definition) is 1. The summed E-state index contributed by atoms with van der Waals surface area (Å²) in [5.41, 5.74) is 2.22. The van der Waals surface area contributed by atoms with Crippen LogP contribution in [-0.4, -0.2) is 16.3 Å². The van der Waals surface area contributed by atoms with Crippen LogP contribution in [0.5, 0.6) is 0 Å². The van der Waals surface area contributed by atoms with Gasteiger partial charge in [0.2, 0.25) is 0 Å². The highest BCUT2D eigenvalue weighted by molar-refractivity contribution is 7.16. The van der Waals surface area contributed by atoms with Crippen molar-refractivity contribution in [2.24, 2.45) is 7.05 Å². The van der Waals surface area contributed by atoms with E-state index in [0.29, 0.717) is 0 Å². The second-order valence-electron chi connectivity index (χ2n) is 5.06. The molecule has 0 aliphatic heterocycles. The van der Waals surface area contributed by atoms with E-state index < -0.39 is 0 Å². The molecule has 2 aromatic heterocycles. The van der Waals surface area contributed by atoms with Gasteiger partial charge in [0, 0.05) is 17.3 Å². The molecule has 0 spiro atoms. The number of nitrogens with one attached hydrogen (secondary N) is 1. The summed E-state index contributed by atoms with van der Waals surface area (Å²) in [6.45, 7) is 3.12. The van der Waals surface area contributed by atoms with Crippen LogP contribution in [0.1, 0.15) is 30.0 Å². The number of aromatic nitrogens is 2. The molecule has 0 fully saturated rings. The molecule has 0 saturated heterocycles. The fourth-order valence-corrected chi connectivity index (χ4v) is 3.70. The van der Waals surface area contributed by atoms with Crippen LogP contribution in [0, 0.1) is 0 Å². The minimum absolute atomic E-state index is 0.0912. The molecule has 0 radical (unpaired) electrons. The zero-order valence-electron chi connectivity index (χ0n) is 12.1. The van der Waals surface area contributed by atoms with Crippen LogP contribution in [0.2, 0.25) is 4.34 Å². The Bertz CT molecular complexity index is 747. The van der Waals surface area contributed by atoms with Crippen molar-refractivity contribution in [2.75, 3.05) is 6.54 Å².